The number of rotatable bonds is 4. The van der Waals surface area contributed by atoms with Crippen molar-refractivity contribution in [3.8, 4) is 17.6 Å². The fourth-order valence-electron chi connectivity index (χ4n) is 2.44. The molecular formula is C17H16N2O2. The van der Waals surface area contributed by atoms with Crippen LogP contribution in [0, 0.1) is 11.3 Å². The number of fused-ring (bicyclic) bond motifs is 1. The maximum atomic E-state index is 9.07. The average Bonchev–Trinajstić information content (AvgIpc) is 2.95. The smallest absolute Gasteiger partial charge is 0.127 e. The second kappa shape index (κ2) is 5.86. The van der Waals surface area contributed by atoms with E-state index in [9.17, 15) is 0 Å². The Hall–Kier alpha value is -2.51. The van der Waals surface area contributed by atoms with E-state index in [0.29, 0.717) is 18.8 Å². The van der Waals surface area contributed by atoms with E-state index in [1.54, 1.807) is 6.07 Å². The van der Waals surface area contributed by atoms with Crippen molar-refractivity contribution in [1.82, 2.24) is 5.32 Å². The van der Waals surface area contributed by atoms with E-state index < -0.39 is 0 Å². The van der Waals surface area contributed by atoms with Crippen molar-refractivity contribution >= 4 is 0 Å². The number of hydrogen-bond acceptors (Lipinski definition) is 4. The molecule has 3 rings (SSSR count). The van der Waals surface area contributed by atoms with E-state index in [-0.39, 0.29) is 6.04 Å². The largest absolute Gasteiger partial charge is 0.491 e. The first-order chi connectivity index (χ1) is 10.3. The molecular weight excluding hydrogens is 264 g/mol. The summed E-state index contributed by atoms with van der Waals surface area (Å²) in [5.41, 5.74) is 2.68. The Morgan fingerprint density at radius 2 is 2.19 bits per heavy atom. The molecule has 0 amide bonds. The molecule has 2 aromatic rings. The monoisotopic (exact) mass is 280 g/mol. The Labute approximate surface area is 123 Å². The molecule has 0 saturated heterocycles. The number of likely N-dealkylation sites (N-methyl/N-ethyl adjacent to an activating group) is 1. The molecule has 1 aliphatic rings. The summed E-state index contributed by atoms with van der Waals surface area (Å²) in [6, 6.07) is 15.7. The first kappa shape index (κ1) is 13.5. The molecule has 0 radical (unpaired) electrons. The van der Waals surface area contributed by atoms with Gasteiger partial charge in [-0.25, -0.2) is 0 Å². The van der Waals surface area contributed by atoms with E-state index >= 15 is 0 Å². The summed E-state index contributed by atoms with van der Waals surface area (Å²) in [6.45, 7) is 1.02. The number of ether oxygens (including phenoxy) is 2. The highest BCUT2D eigenvalue weighted by Crippen LogP contribution is 2.35. The molecule has 0 fully saturated rings. The summed E-state index contributed by atoms with van der Waals surface area (Å²) in [5.74, 6) is 1.61. The van der Waals surface area contributed by atoms with E-state index in [0.717, 1.165) is 22.6 Å². The van der Waals surface area contributed by atoms with Gasteiger partial charge in [0.1, 0.15) is 24.7 Å². The SMILES string of the molecule is CNC1COc2cc(OCc3ccccc3C#N)ccc21. The summed E-state index contributed by atoms with van der Waals surface area (Å²) in [7, 11) is 1.92. The van der Waals surface area contributed by atoms with Gasteiger partial charge in [-0.2, -0.15) is 5.26 Å². The fraction of sp³-hybridized carbons (Fsp3) is 0.235. The Balaban J connectivity index is 1.74. The third-order valence-corrected chi connectivity index (χ3v) is 3.65. The molecule has 0 bridgehead atoms. The van der Waals surface area contributed by atoms with Crippen molar-refractivity contribution in [3.63, 3.8) is 0 Å². The lowest BCUT2D eigenvalue weighted by molar-refractivity contribution is 0.298. The molecule has 0 aromatic heterocycles. The lowest BCUT2D eigenvalue weighted by Crippen LogP contribution is -2.17. The highest BCUT2D eigenvalue weighted by molar-refractivity contribution is 5.45. The number of nitrogens with zero attached hydrogens (tertiary/aromatic N) is 1. The van der Waals surface area contributed by atoms with Crippen LogP contribution in [-0.4, -0.2) is 13.7 Å². The number of nitrogens with one attached hydrogen (secondary N) is 1. The van der Waals surface area contributed by atoms with Gasteiger partial charge >= 0.3 is 0 Å². The average molecular weight is 280 g/mol. The highest BCUT2D eigenvalue weighted by Gasteiger charge is 2.22. The second-order valence-corrected chi connectivity index (χ2v) is 4.91. The van der Waals surface area contributed by atoms with Crippen LogP contribution in [-0.2, 0) is 6.61 Å². The van der Waals surface area contributed by atoms with Gasteiger partial charge in [-0.1, -0.05) is 18.2 Å². The van der Waals surface area contributed by atoms with Gasteiger partial charge in [-0.3, -0.25) is 0 Å². The quantitative estimate of drug-likeness (QED) is 0.935. The molecule has 0 spiro atoms. The minimum atomic E-state index is 0.244. The van der Waals surface area contributed by atoms with Crippen molar-refractivity contribution in [2.24, 2.45) is 0 Å². The molecule has 2 aromatic carbocycles. The summed E-state index contributed by atoms with van der Waals surface area (Å²) < 4.78 is 11.4. The van der Waals surface area contributed by atoms with Crippen molar-refractivity contribution < 1.29 is 9.47 Å². The minimum absolute atomic E-state index is 0.244. The molecule has 1 heterocycles. The molecule has 1 atom stereocenters. The number of hydrogen-bond donors (Lipinski definition) is 1. The van der Waals surface area contributed by atoms with Crippen LogP contribution < -0.4 is 14.8 Å². The van der Waals surface area contributed by atoms with Crippen LogP contribution in [0.3, 0.4) is 0 Å². The van der Waals surface area contributed by atoms with Crippen molar-refractivity contribution in [1.29, 1.82) is 5.26 Å². The van der Waals surface area contributed by atoms with E-state index in [4.69, 9.17) is 14.7 Å². The lowest BCUT2D eigenvalue weighted by atomic mass is 10.1. The predicted octanol–water partition coefficient (Wildman–Crippen LogP) is 2.79. The number of benzene rings is 2. The number of nitriles is 1. The topological polar surface area (TPSA) is 54.3 Å². The minimum Gasteiger partial charge on any atom is -0.491 e. The normalized spacial score (nSPS) is 15.9. The Kier molecular flexibility index (Phi) is 3.76. The molecule has 1 unspecified atom stereocenters. The fourth-order valence-corrected chi connectivity index (χ4v) is 2.44. The molecule has 4 heteroatoms. The molecule has 0 aliphatic carbocycles. The summed E-state index contributed by atoms with van der Waals surface area (Å²) in [6.07, 6.45) is 0. The molecule has 4 nitrogen and oxygen atoms in total. The first-order valence-corrected chi connectivity index (χ1v) is 6.86. The van der Waals surface area contributed by atoms with Gasteiger partial charge in [-0.05, 0) is 25.2 Å². The van der Waals surface area contributed by atoms with Gasteiger partial charge in [0.15, 0.2) is 0 Å². The second-order valence-electron chi connectivity index (χ2n) is 4.91. The zero-order valence-corrected chi connectivity index (χ0v) is 11.8. The predicted molar refractivity (Wildman–Crippen MR) is 79.2 cm³/mol. The van der Waals surface area contributed by atoms with Crippen LogP contribution >= 0.6 is 0 Å². The standard InChI is InChI=1S/C17H16N2O2/c1-19-16-11-21-17-8-14(6-7-15(16)17)20-10-13-5-3-2-4-12(13)9-18/h2-8,16,19H,10-11H2,1H3. The Morgan fingerprint density at radius 1 is 1.33 bits per heavy atom. The van der Waals surface area contributed by atoms with Gasteiger partial charge in [-0.15, -0.1) is 0 Å². The van der Waals surface area contributed by atoms with Crippen LogP contribution in [0.2, 0.25) is 0 Å². The van der Waals surface area contributed by atoms with Crippen LogP contribution in [0.5, 0.6) is 11.5 Å². The third kappa shape index (κ3) is 2.69. The Bertz CT molecular complexity index is 691. The highest BCUT2D eigenvalue weighted by atomic mass is 16.5. The third-order valence-electron chi connectivity index (χ3n) is 3.65. The zero-order chi connectivity index (χ0) is 14.7. The maximum absolute atomic E-state index is 9.07. The van der Waals surface area contributed by atoms with Crippen LogP contribution in [0.15, 0.2) is 42.5 Å². The van der Waals surface area contributed by atoms with Gasteiger partial charge in [0.25, 0.3) is 0 Å². The van der Waals surface area contributed by atoms with Crippen molar-refractivity contribution in [2.75, 3.05) is 13.7 Å². The lowest BCUT2D eigenvalue weighted by Gasteiger charge is -2.10. The Morgan fingerprint density at radius 3 is 3.00 bits per heavy atom. The maximum Gasteiger partial charge on any atom is 0.127 e. The summed E-state index contributed by atoms with van der Waals surface area (Å²) in [5, 5.41) is 12.3. The summed E-state index contributed by atoms with van der Waals surface area (Å²) >= 11 is 0. The van der Waals surface area contributed by atoms with Gasteiger partial charge < -0.3 is 14.8 Å². The molecule has 0 saturated carbocycles. The first-order valence-electron chi connectivity index (χ1n) is 6.86. The molecule has 21 heavy (non-hydrogen) atoms. The van der Waals surface area contributed by atoms with Gasteiger partial charge in [0, 0.05) is 17.2 Å². The van der Waals surface area contributed by atoms with Crippen molar-refractivity contribution in [2.45, 2.75) is 12.6 Å². The molecule has 1 N–H and O–H groups in total. The van der Waals surface area contributed by atoms with Crippen molar-refractivity contribution in [3.05, 3.63) is 59.2 Å². The van der Waals surface area contributed by atoms with Gasteiger partial charge in [0.05, 0.1) is 17.7 Å². The van der Waals surface area contributed by atoms with E-state index in [2.05, 4.69) is 11.4 Å². The van der Waals surface area contributed by atoms with Gasteiger partial charge in [0.2, 0.25) is 0 Å². The van der Waals surface area contributed by atoms with Crippen LogP contribution in [0.1, 0.15) is 22.7 Å². The zero-order valence-electron chi connectivity index (χ0n) is 11.8. The van der Waals surface area contributed by atoms with Crippen LogP contribution in [0.4, 0.5) is 0 Å². The van der Waals surface area contributed by atoms with Crippen LogP contribution in [0.25, 0.3) is 0 Å². The van der Waals surface area contributed by atoms with E-state index in [1.807, 2.05) is 43.4 Å². The molecule has 1 aliphatic heterocycles. The molecule has 106 valence electrons. The summed E-state index contributed by atoms with van der Waals surface area (Å²) in [4.78, 5) is 0. The van der Waals surface area contributed by atoms with E-state index in [1.165, 1.54) is 0 Å².